The normalized spacial score (nSPS) is 30.5. The van der Waals surface area contributed by atoms with E-state index in [2.05, 4.69) is 0 Å². The Morgan fingerprint density at radius 2 is 2.29 bits per heavy atom. The van der Waals surface area contributed by atoms with Crippen molar-refractivity contribution < 1.29 is 20.1 Å². The number of carboxylic acids is 1. The first-order chi connectivity index (χ1) is 6.56. The Kier molecular flexibility index (Phi) is 3.86. The molecule has 3 unspecified atom stereocenters. The quantitative estimate of drug-likeness (QED) is 0.553. The summed E-state index contributed by atoms with van der Waals surface area (Å²) in [7, 11) is 0. The van der Waals surface area contributed by atoms with Crippen molar-refractivity contribution in [2.75, 3.05) is 19.7 Å². The van der Waals surface area contributed by atoms with Crippen LogP contribution in [0.3, 0.4) is 0 Å². The molecule has 0 aromatic heterocycles. The summed E-state index contributed by atoms with van der Waals surface area (Å²) < 4.78 is 0. The summed E-state index contributed by atoms with van der Waals surface area (Å²) in [5.74, 6) is -1.13. The van der Waals surface area contributed by atoms with Gasteiger partial charge in [-0.3, -0.25) is 9.69 Å². The van der Waals surface area contributed by atoms with Crippen molar-refractivity contribution in [1.29, 1.82) is 0 Å². The molecule has 14 heavy (non-hydrogen) atoms. The zero-order chi connectivity index (χ0) is 10.7. The standard InChI is InChI=1S/C9H17NO4/c1-6-8(9(13)14)2-3-10(6)4-7(12)5-11/h6-8,11-12H,2-5H2,1H3,(H,13,14). The van der Waals surface area contributed by atoms with Crippen molar-refractivity contribution >= 4 is 5.97 Å². The number of nitrogens with zero attached hydrogens (tertiary/aromatic N) is 1. The highest BCUT2D eigenvalue weighted by Gasteiger charge is 2.35. The lowest BCUT2D eigenvalue weighted by Gasteiger charge is -2.24. The molecule has 0 aliphatic carbocycles. The first kappa shape index (κ1) is 11.4. The summed E-state index contributed by atoms with van der Waals surface area (Å²) >= 11 is 0. The molecule has 1 aliphatic heterocycles. The number of rotatable bonds is 4. The second kappa shape index (κ2) is 4.72. The summed E-state index contributed by atoms with van der Waals surface area (Å²) in [5, 5.41) is 26.7. The molecule has 1 saturated heterocycles. The zero-order valence-electron chi connectivity index (χ0n) is 8.26. The van der Waals surface area contributed by atoms with Gasteiger partial charge in [0.2, 0.25) is 0 Å². The van der Waals surface area contributed by atoms with Crippen LogP contribution in [-0.2, 0) is 4.79 Å². The highest BCUT2D eigenvalue weighted by atomic mass is 16.4. The number of hydrogen-bond donors (Lipinski definition) is 3. The van der Waals surface area contributed by atoms with Gasteiger partial charge in [-0.15, -0.1) is 0 Å². The minimum Gasteiger partial charge on any atom is -0.481 e. The first-order valence-corrected chi connectivity index (χ1v) is 4.82. The van der Waals surface area contributed by atoms with E-state index in [1.165, 1.54) is 0 Å². The number of aliphatic carboxylic acids is 1. The number of carbonyl (C=O) groups is 1. The van der Waals surface area contributed by atoms with Crippen molar-refractivity contribution in [3.8, 4) is 0 Å². The molecule has 82 valence electrons. The molecule has 0 aromatic rings. The monoisotopic (exact) mass is 203 g/mol. The fourth-order valence-electron chi connectivity index (χ4n) is 1.92. The fourth-order valence-corrected chi connectivity index (χ4v) is 1.92. The summed E-state index contributed by atoms with van der Waals surface area (Å²) in [6.45, 7) is 2.59. The van der Waals surface area contributed by atoms with E-state index >= 15 is 0 Å². The van der Waals surface area contributed by atoms with Gasteiger partial charge >= 0.3 is 5.97 Å². The van der Waals surface area contributed by atoms with Gasteiger partial charge in [0.05, 0.1) is 18.6 Å². The molecule has 3 atom stereocenters. The van der Waals surface area contributed by atoms with Crippen LogP contribution in [0.5, 0.6) is 0 Å². The average Bonchev–Trinajstić information content (AvgIpc) is 2.48. The summed E-state index contributed by atoms with van der Waals surface area (Å²) in [6, 6.07) is -0.0614. The Bertz CT molecular complexity index is 209. The molecule has 0 amide bonds. The van der Waals surface area contributed by atoms with E-state index in [4.69, 9.17) is 10.2 Å². The summed E-state index contributed by atoms with van der Waals surface area (Å²) in [4.78, 5) is 12.7. The lowest BCUT2D eigenvalue weighted by Crippen LogP contribution is -2.39. The van der Waals surface area contributed by atoms with Crippen molar-refractivity contribution in [2.24, 2.45) is 5.92 Å². The molecule has 1 aliphatic rings. The Morgan fingerprint density at radius 1 is 1.64 bits per heavy atom. The lowest BCUT2D eigenvalue weighted by atomic mass is 10.0. The number of hydrogen-bond acceptors (Lipinski definition) is 4. The maximum atomic E-state index is 10.8. The average molecular weight is 203 g/mol. The van der Waals surface area contributed by atoms with Crippen LogP contribution in [0.15, 0.2) is 0 Å². The van der Waals surface area contributed by atoms with Gasteiger partial charge in [0.15, 0.2) is 0 Å². The fraction of sp³-hybridized carbons (Fsp3) is 0.889. The Morgan fingerprint density at radius 3 is 2.71 bits per heavy atom. The molecule has 0 saturated carbocycles. The van der Waals surface area contributed by atoms with Crippen molar-refractivity contribution in [3.63, 3.8) is 0 Å². The number of aliphatic hydroxyl groups excluding tert-OH is 2. The van der Waals surface area contributed by atoms with Crippen LogP contribution >= 0.6 is 0 Å². The zero-order valence-corrected chi connectivity index (χ0v) is 8.26. The number of aliphatic hydroxyl groups is 2. The molecule has 0 radical (unpaired) electrons. The molecular weight excluding hydrogens is 186 g/mol. The van der Waals surface area contributed by atoms with Gasteiger partial charge in [0, 0.05) is 12.6 Å². The predicted octanol–water partition coefficient (Wildman–Crippen LogP) is -0.865. The maximum absolute atomic E-state index is 10.8. The SMILES string of the molecule is CC1C(C(=O)O)CCN1CC(O)CO. The Hall–Kier alpha value is -0.650. The highest BCUT2D eigenvalue weighted by molar-refractivity contribution is 5.71. The largest absolute Gasteiger partial charge is 0.481 e. The predicted molar refractivity (Wildman–Crippen MR) is 49.9 cm³/mol. The van der Waals surface area contributed by atoms with Crippen LogP contribution in [0.25, 0.3) is 0 Å². The van der Waals surface area contributed by atoms with E-state index in [0.29, 0.717) is 19.5 Å². The van der Waals surface area contributed by atoms with Gasteiger partial charge in [0.1, 0.15) is 0 Å². The van der Waals surface area contributed by atoms with Crippen LogP contribution in [0, 0.1) is 5.92 Å². The molecule has 0 bridgehead atoms. The van der Waals surface area contributed by atoms with Gasteiger partial charge in [-0.05, 0) is 19.9 Å². The first-order valence-electron chi connectivity index (χ1n) is 4.82. The van der Waals surface area contributed by atoms with Gasteiger partial charge < -0.3 is 15.3 Å². The second-order valence-electron chi connectivity index (χ2n) is 3.81. The van der Waals surface area contributed by atoms with E-state index in [-0.39, 0.29) is 18.6 Å². The Balaban J connectivity index is 2.47. The topological polar surface area (TPSA) is 81.0 Å². The van der Waals surface area contributed by atoms with Crippen LogP contribution in [0.2, 0.25) is 0 Å². The Labute approximate surface area is 83.0 Å². The second-order valence-corrected chi connectivity index (χ2v) is 3.81. The smallest absolute Gasteiger partial charge is 0.308 e. The van der Waals surface area contributed by atoms with E-state index < -0.39 is 12.1 Å². The van der Waals surface area contributed by atoms with Crippen LogP contribution in [-0.4, -0.2) is 58.0 Å². The van der Waals surface area contributed by atoms with E-state index in [9.17, 15) is 9.90 Å². The van der Waals surface area contributed by atoms with Gasteiger partial charge in [-0.1, -0.05) is 0 Å². The highest BCUT2D eigenvalue weighted by Crippen LogP contribution is 2.24. The van der Waals surface area contributed by atoms with E-state index in [0.717, 1.165) is 0 Å². The number of β-amino-alcohol motifs (C(OH)–C–C–N with tert-alkyl or cyclic N) is 1. The number of likely N-dealkylation sites (tertiary alicyclic amines) is 1. The van der Waals surface area contributed by atoms with E-state index in [1.54, 1.807) is 0 Å². The van der Waals surface area contributed by atoms with Crippen molar-refractivity contribution in [2.45, 2.75) is 25.5 Å². The molecule has 0 aromatic carbocycles. The molecular formula is C9H17NO4. The molecule has 5 heteroatoms. The van der Waals surface area contributed by atoms with Crippen LogP contribution in [0.4, 0.5) is 0 Å². The number of carboxylic acid groups (broad SMARTS) is 1. The van der Waals surface area contributed by atoms with Gasteiger partial charge in [-0.25, -0.2) is 0 Å². The molecule has 1 heterocycles. The van der Waals surface area contributed by atoms with Crippen LogP contribution in [0.1, 0.15) is 13.3 Å². The third kappa shape index (κ3) is 2.43. The van der Waals surface area contributed by atoms with Crippen molar-refractivity contribution in [3.05, 3.63) is 0 Å². The van der Waals surface area contributed by atoms with E-state index in [1.807, 2.05) is 11.8 Å². The molecule has 1 rings (SSSR count). The molecule has 1 fully saturated rings. The minimum absolute atomic E-state index is 0.0614. The van der Waals surface area contributed by atoms with Gasteiger partial charge in [-0.2, -0.15) is 0 Å². The third-order valence-corrected chi connectivity index (χ3v) is 2.86. The molecule has 0 spiro atoms. The minimum atomic E-state index is -0.779. The maximum Gasteiger partial charge on any atom is 0.308 e. The molecule has 3 N–H and O–H groups in total. The third-order valence-electron chi connectivity index (χ3n) is 2.86. The van der Waals surface area contributed by atoms with Crippen LogP contribution < -0.4 is 0 Å². The summed E-state index contributed by atoms with van der Waals surface area (Å²) in [6.07, 6.45) is -0.153. The summed E-state index contributed by atoms with van der Waals surface area (Å²) in [5.41, 5.74) is 0. The van der Waals surface area contributed by atoms with Crippen molar-refractivity contribution in [1.82, 2.24) is 4.90 Å². The van der Waals surface area contributed by atoms with Gasteiger partial charge in [0.25, 0.3) is 0 Å². The molecule has 5 nitrogen and oxygen atoms in total. The lowest BCUT2D eigenvalue weighted by molar-refractivity contribution is -0.142.